The number of rotatable bonds is 9. The number of likely N-dealkylation sites (tertiary alicyclic amines) is 1. The molecule has 3 rings (SSSR count). The number of aliphatic imine (C=N–C) groups is 1. The van der Waals surface area contributed by atoms with E-state index in [1.54, 1.807) is 7.11 Å². The maximum atomic E-state index is 5.68. The number of nitrogens with zero attached hydrogens (tertiary/aromatic N) is 3. The maximum absolute atomic E-state index is 5.68. The summed E-state index contributed by atoms with van der Waals surface area (Å²) in [4.78, 5) is 9.60. The predicted octanol–water partition coefficient (Wildman–Crippen LogP) is 2.35. The molecule has 174 valence electrons. The lowest BCUT2D eigenvalue weighted by Crippen LogP contribution is -2.53. The fraction of sp³-hybridized carbons (Fsp3) is 0.708. The monoisotopic (exact) mass is 431 g/mol. The Morgan fingerprint density at radius 1 is 1.03 bits per heavy atom. The second kappa shape index (κ2) is 12.3. The molecule has 0 amide bonds. The van der Waals surface area contributed by atoms with Crippen LogP contribution in [0, 0.1) is 5.92 Å². The van der Waals surface area contributed by atoms with Crippen molar-refractivity contribution in [1.82, 2.24) is 20.4 Å². The number of benzene rings is 1. The third kappa shape index (κ3) is 6.57. The number of hydrogen-bond donors (Lipinski definition) is 2. The Morgan fingerprint density at radius 2 is 1.71 bits per heavy atom. The zero-order valence-corrected chi connectivity index (χ0v) is 19.8. The van der Waals surface area contributed by atoms with Gasteiger partial charge in [0.05, 0.1) is 26.4 Å². The van der Waals surface area contributed by atoms with Crippen molar-refractivity contribution in [3.05, 3.63) is 29.8 Å². The van der Waals surface area contributed by atoms with Gasteiger partial charge in [0.25, 0.3) is 0 Å². The Kier molecular flexibility index (Phi) is 9.43. The minimum Gasteiger partial charge on any atom is -0.496 e. The normalized spacial score (nSPS) is 20.6. The van der Waals surface area contributed by atoms with Crippen LogP contribution in [-0.4, -0.2) is 88.4 Å². The maximum Gasteiger partial charge on any atom is 0.191 e. The number of para-hydroxylation sites is 1. The molecule has 0 aromatic heterocycles. The second-order valence-corrected chi connectivity index (χ2v) is 8.79. The molecule has 0 spiro atoms. The third-order valence-corrected chi connectivity index (χ3v) is 6.53. The lowest BCUT2D eigenvalue weighted by atomic mass is 10.0. The highest BCUT2D eigenvalue weighted by Gasteiger charge is 2.27. The van der Waals surface area contributed by atoms with Gasteiger partial charge in [0.15, 0.2) is 5.96 Å². The first kappa shape index (κ1) is 23.8. The molecule has 7 nitrogen and oxygen atoms in total. The van der Waals surface area contributed by atoms with Crippen molar-refractivity contribution in [3.8, 4) is 5.75 Å². The van der Waals surface area contributed by atoms with E-state index in [9.17, 15) is 0 Å². The third-order valence-electron chi connectivity index (χ3n) is 6.53. The standard InChI is InChI=1S/C24H41N5O2/c1-19(2)21(29-13-15-31-16-14-29)17-26-24(25-3)27-18-22(28-11-7-8-12-28)20-9-5-6-10-23(20)30-4/h5-6,9-10,19,21-22H,7-8,11-18H2,1-4H3,(H2,25,26,27). The molecular formula is C24H41N5O2. The highest BCUT2D eigenvalue weighted by Crippen LogP contribution is 2.31. The van der Waals surface area contributed by atoms with E-state index in [4.69, 9.17) is 9.47 Å². The molecule has 31 heavy (non-hydrogen) atoms. The van der Waals surface area contributed by atoms with Crippen LogP contribution in [0.4, 0.5) is 0 Å². The summed E-state index contributed by atoms with van der Waals surface area (Å²) in [6.07, 6.45) is 2.52. The minimum atomic E-state index is 0.261. The van der Waals surface area contributed by atoms with Gasteiger partial charge in [-0.05, 0) is 37.9 Å². The SMILES string of the molecule is CN=C(NCC(c1ccccc1OC)N1CCCC1)NCC(C(C)C)N1CCOCC1. The largest absolute Gasteiger partial charge is 0.496 e. The van der Waals surface area contributed by atoms with Gasteiger partial charge >= 0.3 is 0 Å². The summed E-state index contributed by atoms with van der Waals surface area (Å²) < 4.78 is 11.2. The summed E-state index contributed by atoms with van der Waals surface area (Å²) in [7, 11) is 3.61. The number of hydrogen-bond acceptors (Lipinski definition) is 5. The first-order valence-electron chi connectivity index (χ1n) is 11.8. The van der Waals surface area contributed by atoms with Gasteiger partial charge in [-0.2, -0.15) is 0 Å². The summed E-state index contributed by atoms with van der Waals surface area (Å²) in [5.74, 6) is 2.38. The Morgan fingerprint density at radius 3 is 2.35 bits per heavy atom. The molecule has 2 atom stereocenters. The first-order valence-corrected chi connectivity index (χ1v) is 11.8. The molecule has 2 N–H and O–H groups in total. The van der Waals surface area contributed by atoms with Gasteiger partial charge in [-0.25, -0.2) is 0 Å². The molecule has 7 heteroatoms. The summed E-state index contributed by atoms with van der Waals surface area (Å²) >= 11 is 0. The summed E-state index contributed by atoms with van der Waals surface area (Å²) in [5, 5.41) is 7.17. The number of morpholine rings is 1. The second-order valence-electron chi connectivity index (χ2n) is 8.79. The van der Waals surface area contributed by atoms with E-state index < -0.39 is 0 Å². The minimum absolute atomic E-state index is 0.261. The Labute approximate surface area is 188 Å². The van der Waals surface area contributed by atoms with Gasteiger partial charge in [0.1, 0.15) is 5.75 Å². The van der Waals surface area contributed by atoms with Gasteiger partial charge < -0.3 is 20.1 Å². The molecule has 2 heterocycles. The van der Waals surface area contributed by atoms with Crippen molar-refractivity contribution in [2.24, 2.45) is 10.9 Å². The fourth-order valence-electron chi connectivity index (χ4n) is 4.74. The van der Waals surface area contributed by atoms with Crippen molar-refractivity contribution in [1.29, 1.82) is 0 Å². The average molecular weight is 432 g/mol. The summed E-state index contributed by atoms with van der Waals surface area (Å²) in [5.41, 5.74) is 1.24. The lowest BCUT2D eigenvalue weighted by molar-refractivity contribution is 0.00752. The van der Waals surface area contributed by atoms with Crippen molar-refractivity contribution in [2.45, 2.75) is 38.8 Å². The zero-order chi connectivity index (χ0) is 22.1. The number of nitrogens with one attached hydrogen (secondary N) is 2. The Balaban J connectivity index is 1.62. The molecule has 2 unspecified atom stereocenters. The van der Waals surface area contributed by atoms with Crippen LogP contribution >= 0.6 is 0 Å². The van der Waals surface area contributed by atoms with E-state index in [1.165, 1.54) is 18.4 Å². The fourth-order valence-corrected chi connectivity index (χ4v) is 4.74. The zero-order valence-electron chi connectivity index (χ0n) is 19.8. The van der Waals surface area contributed by atoms with Crippen LogP contribution in [0.1, 0.15) is 38.3 Å². The van der Waals surface area contributed by atoms with Gasteiger partial charge in [-0.1, -0.05) is 32.0 Å². The molecule has 0 aliphatic carbocycles. The molecule has 2 aliphatic rings. The van der Waals surface area contributed by atoms with Crippen LogP contribution in [0.25, 0.3) is 0 Å². The van der Waals surface area contributed by atoms with Crippen molar-refractivity contribution >= 4 is 5.96 Å². The van der Waals surface area contributed by atoms with E-state index in [0.717, 1.165) is 64.2 Å². The van der Waals surface area contributed by atoms with E-state index in [-0.39, 0.29) is 6.04 Å². The Hall–Kier alpha value is -1.83. The molecule has 1 aromatic carbocycles. The van der Waals surface area contributed by atoms with E-state index >= 15 is 0 Å². The average Bonchev–Trinajstić information content (AvgIpc) is 3.33. The smallest absolute Gasteiger partial charge is 0.191 e. The van der Waals surface area contributed by atoms with Crippen molar-refractivity contribution < 1.29 is 9.47 Å². The van der Waals surface area contributed by atoms with Crippen LogP contribution < -0.4 is 15.4 Å². The van der Waals surface area contributed by atoms with Gasteiger partial charge in [0.2, 0.25) is 0 Å². The van der Waals surface area contributed by atoms with Crippen LogP contribution in [-0.2, 0) is 4.74 Å². The van der Waals surface area contributed by atoms with E-state index in [0.29, 0.717) is 12.0 Å². The van der Waals surface area contributed by atoms with Gasteiger partial charge in [-0.3, -0.25) is 14.8 Å². The van der Waals surface area contributed by atoms with Crippen LogP contribution in [0.2, 0.25) is 0 Å². The van der Waals surface area contributed by atoms with Crippen LogP contribution in [0.5, 0.6) is 5.75 Å². The predicted molar refractivity (Wildman–Crippen MR) is 127 cm³/mol. The first-order chi connectivity index (χ1) is 15.1. The highest BCUT2D eigenvalue weighted by molar-refractivity contribution is 5.79. The Bertz CT molecular complexity index is 684. The quantitative estimate of drug-likeness (QED) is 0.462. The molecule has 0 bridgehead atoms. The van der Waals surface area contributed by atoms with E-state index in [1.807, 2.05) is 13.1 Å². The topological polar surface area (TPSA) is 61.4 Å². The molecule has 2 fully saturated rings. The summed E-state index contributed by atoms with van der Waals surface area (Å²) in [6, 6.07) is 9.11. The van der Waals surface area contributed by atoms with Gasteiger partial charge in [0, 0.05) is 44.8 Å². The highest BCUT2D eigenvalue weighted by atomic mass is 16.5. The molecular weight excluding hydrogens is 390 g/mol. The van der Waals surface area contributed by atoms with E-state index in [2.05, 4.69) is 57.5 Å². The van der Waals surface area contributed by atoms with Crippen molar-refractivity contribution in [3.63, 3.8) is 0 Å². The van der Waals surface area contributed by atoms with Crippen LogP contribution in [0.3, 0.4) is 0 Å². The number of methoxy groups -OCH3 is 1. The molecule has 1 aromatic rings. The molecule has 2 saturated heterocycles. The lowest BCUT2D eigenvalue weighted by Gasteiger charge is -2.37. The molecule has 0 saturated carbocycles. The molecule has 0 radical (unpaired) electrons. The molecule has 2 aliphatic heterocycles. The van der Waals surface area contributed by atoms with Crippen molar-refractivity contribution in [2.75, 3.05) is 66.6 Å². The number of ether oxygens (including phenoxy) is 2. The number of guanidine groups is 1. The van der Waals surface area contributed by atoms with Gasteiger partial charge in [-0.15, -0.1) is 0 Å². The summed E-state index contributed by atoms with van der Waals surface area (Å²) in [6.45, 7) is 12.2. The van der Waals surface area contributed by atoms with Crippen LogP contribution in [0.15, 0.2) is 29.3 Å².